The van der Waals surface area contributed by atoms with E-state index in [0.717, 1.165) is 25.7 Å². The number of hydrogen-bond acceptors (Lipinski definition) is 2. The topological polar surface area (TPSA) is 36.9 Å². The maximum absolute atomic E-state index is 5.42. The Hall–Kier alpha value is -1.60. The zero-order valence-corrected chi connectivity index (χ0v) is 17.6. The number of guanidine groups is 1. The van der Waals surface area contributed by atoms with Gasteiger partial charge in [0.2, 0.25) is 0 Å². The Morgan fingerprint density at radius 1 is 1.00 bits per heavy atom. The molecule has 0 unspecified atom stereocenters. The fraction of sp³-hybridized carbons (Fsp3) is 0.350. The van der Waals surface area contributed by atoms with Crippen molar-refractivity contribution in [3.05, 3.63) is 71.3 Å². The van der Waals surface area contributed by atoms with Crippen molar-refractivity contribution in [3.8, 4) is 0 Å². The standard InChI is InChI=1S/C20H27N3O.HI/c1-4-24-16-19-12-10-17(11-13-19)14-22-20(21-2)23(3)15-18-8-6-5-7-9-18;/h5-13H,4,14-16H2,1-3H3,(H,21,22);1H. The van der Waals surface area contributed by atoms with Gasteiger partial charge >= 0.3 is 0 Å². The van der Waals surface area contributed by atoms with Gasteiger partial charge in [0.25, 0.3) is 0 Å². The molecular formula is C20H28IN3O. The zero-order valence-electron chi connectivity index (χ0n) is 15.2. The molecule has 0 aromatic heterocycles. The molecule has 0 bridgehead atoms. The fourth-order valence-electron chi connectivity index (χ4n) is 2.47. The minimum absolute atomic E-state index is 0. The third kappa shape index (κ3) is 7.44. The molecule has 0 aliphatic heterocycles. The normalized spacial score (nSPS) is 10.9. The summed E-state index contributed by atoms with van der Waals surface area (Å²) in [7, 11) is 3.86. The van der Waals surface area contributed by atoms with Gasteiger partial charge in [-0.15, -0.1) is 24.0 Å². The Morgan fingerprint density at radius 3 is 2.24 bits per heavy atom. The minimum atomic E-state index is 0. The molecule has 5 heteroatoms. The monoisotopic (exact) mass is 453 g/mol. The third-order valence-corrected chi connectivity index (χ3v) is 3.78. The molecular weight excluding hydrogens is 425 g/mol. The van der Waals surface area contributed by atoms with E-state index in [-0.39, 0.29) is 24.0 Å². The van der Waals surface area contributed by atoms with E-state index in [9.17, 15) is 0 Å². The van der Waals surface area contributed by atoms with Crippen LogP contribution in [0.2, 0.25) is 0 Å². The average Bonchev–Trinajstić information content (AvgIpc) is 2.62. The summed E-state index contributed by atoms with van der Waals surface area (Å²) in [6.07, 6.45) is 0. The Labute approximate surface area is 168 Å². The smallest absolute Gasteiger partial charge is 0.193 e. The lowest BCUT2D eigenvalue weighted by molar-refractivity contribution is 0.134. The van der Waals surface area contributed by atoms with Crippen LogP contribution in [0.4, 0.5) is 0 Å². The molecule has 0 saturated carbocycles. The number of hydrogen-bond donors (Lipinski definition) is 1. The first-order valence-corrected chi connectivity index (χ1v) is 8.34. The van der Waals surface area contributed by atoms with Crippen molar-refractivity contribution in [1.29, 1.82) is 0 Å². The van der Waals surface area contributed by atoms with Gasteiger partial charge in [-0.1, -0.05) is 54.6 Å². The summed E-state index contributed by atoms with van der Waals surface area (Å²) in [5.41, 5.74) is 3.69. The Morgan fingerprint density at radius 2 is 1.64 bits per heavy atom. The van der Waals surface area contributed by atoms with Crippen LogP contribution in [-0.4, -0.2) is 31.6 Å². The van der Waals surface area contributed by atoms with Crippen molar-refractivity contribution in [3.63, 3.8) is 0 Å². The second kappa shape index (κ2) is 11.9. The van der Waals surface area contributed by atoms with Gasteiger partial charge in [0.05, 0.1) is 6.61 Å². The van der Waals surface area contributed by atoms with E-state index >= 15 is 0 Å². The van der Waals surface area contributed by atoms with E-state index in [1.165, 1.54) is 16.7 Å². The molecule has 2 aromatic rings. The highest BCUT2D eigenvalue weighted by molar-refractivity contribution is 14.0. The van der Waals surface area contributed by atoms with E-state index in [2.05, 4.69) is 63.7 Å². The molecule has 136 valence electrons. The molecule has 0 spiro atoms. The Kier molecular flexibility index (Phi) is 10.2. The maximum Gasteiger partial charge on any atom is 0.193 e. The number of nitrogens with one attached hydrogen (secondary N) is 1. The molecule has 2 aromatic carbocycles. The predicted octanol–water partition coefficient (Wildman–Crippen LogP) is 4.05. The van der Waals surface area contributed by atoms with Crippen LogP contribution in [0.1, 0.15) is 23.6 Å². The molecule has 0 atom stereocenters. The summed E-state index contributed by atoms with van der Waals surface area (Å²) in [5.74, 6) is 0.886. The minimum Gasteiger partial charge on any atom is -0.377 e. The molecule has 0 aliphatic rings. The summed E-state index contributed by atoms with van der Waals surface area (Å²) >= 11 is 0. The summed E-state index contributed by atoms with van der Waals surface area (Å²) in [6, 6.07) is 18.9. The van der Waals surface area contributed by atoms with Crippen molar-refractivity contribution < 1.29 is 4.74 Å². The molecule has 0 saturated heterocycles. The zero-order chi connectivity index (χ0) is 17.2. The van der Waals surface area contributed by atoms with Crippen LogP contribution in [0.5, 0.6) is 0 Å². The van der Waals surface area contributed by atoms with Gasteiger partial charge in [-0.2, -0.15) is 0 Å². The van der Waals surface area contributed by atoms with Gasteiger partial charge in [0.15, 0.2) is 5.96 Å². The van der Waals surface area contributed by atoms with E-state index in [1.807, 2.05) is 27.1 Å². The second-order valence-corrected chi connectivity index (χ2v) is 5.70. The quantitative estimate of drug-likeness (QED) is 0.391. The first kappa shape index (κ1) is 21.4. The number of aliphatic imine (C=N–C) groups is 1. The van der Waals surface area contributed by atoms with Crippen molar-refractivity contribution in [1.82, 2.24) is 10.2 Å². The van der Waals surface area contributed by atoms with Crippen LogP contribution in [0.3, 0.4) is 0 Å². The average molecular weight is 453 g/mol. The highest BCUT2D eigenvalue weighted by Gasteiger charge is 2.06. The number of rotatable bonds is 7. The van der Waals surface area contributed by atoms with Crippen LogP contribution in [0.25, 0.3) is 0 Å². The second-order valence-electron chi connectivity index (χ2n) is 5.70. The number of ether oxygens (including phenoxy) is 1. The van der Waals surface area contributed by atoms with Gasteiger partial charge in [-0.05, 0) is 23.6 Å². The highest BCUT2D eigenvalue weighted by atomic mass is 127. The van der Waals surface area contributed by atoms with E-state index < -0.39 is 0 Å². The largest absolute Gasteiger partial charge is 0.377 e. The van der Waals surface area contributed by atoms with Gasteiger partial charge in [-0.3, -0.25) is 4.99 Å². The highest BCUT2D eigenvalue weighted by Crippen LogP contribution is 2.07. The van der Waals surface area contributed by atoms with Crippen molar-refractivity contribution >= 4 is 29.9 Å². The SMILES string of the molecule is CCOCc1ccc(CNC(=NC)N(C)Cc2ccccc2)cc1.I. The number of halogens is 1. The lowest BCUT2D eigenvalue weighted by Gasteiger charge is -2.22. The van der Waals surface area contributed by atoms with Crippen LogP contribution >= 0.6 is 24.0 Å². The maximum atomic E-state index is 5.42. The van der Waals surface area contributed by atoms with Gasteiger partial charge in [0.1, 0.15) is 0 Å². The Bertz CT molecular complexity index is 629. The molecule has 1 N–H and O–H groups in total. The summed E-state index contributed by atoms with van der Waals surface area (Å²) in [4.78, 5) is 6.49. The van der Waals surface area contributed by atoms with Crippen LogP contribution in [0, 0.1) is 0 Å². The lowest BCUT2D eigenvalue weighted by Crippen LogP contribution is -2.38. The fourth-order valence-corrected chi connectivity index (χ4v) is 2.47. The van der Waals surface area contributed by atoms with E-state index in [4.69, 9.17) is 4.74 Å². The molecule has 0 aliphatic carbocycles. The lowest BCUT2D eigenvalue weighted by atomic mass is 10.1. The molecule has 2 rings (SSSR count). The summed E-state index contributed by atoms with van der Waals surface area (Å²) in [6.45, 7) is 5.00. The number of nitrogens with zero attached hydrogens (tertiary/aromatic N) is 2. The van der Waals surface area contributed by atoms with Crippen LogP contribution in [-0.2, 0) is 24.4 Å². The van der Waals surface area contributed by atoms with Crippen molar-refractivity contribution in [2.45, 2.75) is 26.6 Å². The first-order chi connectivity index (χ1) is 11.7. The number of benzene rings is 2. The Balaban J connectivity index is 0.00000312. The summed E-state index contributed by atoms with van der Waals surface area (Å²) < 4.78 is 5.42. The molecule has 4 nitrogen and oxygen atoms in total. The van der Waals surface area contributed by atoms with Gasteiger partial charge in [0, 0.05) is 33.8 Å². The molecule has 0 fully saturated rings. The van der Waals surface area contributed by atoms with Gasteiger partial charge < -0.3 is 15.0 Å². The molecule has 0 radical (unpaired) electrons. The predicted molar refractivity (Wildman–Crippen MR) is 115 cm³/mol. The third-order valence-electron chi connectivity index (χ3n) is 3.78. The molecule has 25 heavy (non-hydrogen) atoms. The van der Waals surface area contributed by atoms with E-state index in [1.54, 1.807) is 0 Å². The molecule has 0 heterocycles. The molecule has 0 amide bonds. The van der Waals surface area contributed by atoms with Crippen molar-refractivity contribution in [2.75, 3.05) is 20.7 Å². The van der Waals surface area contributed by atoms with E-state index in [0.29, 0.717) is 6.61 Å². The van der Waals surface area contributed by atoms with Crippen LogP contribution in [0.15, 0.2) is 59.6 Å². The van der Waals surface area contributed by atoms with Crippen molar-refractivity contribution in [2.24, 2.45) is 4.99 Å². The van der Waals surface area contributed by atoms with Crippen LogP contribution < -0.4 is 5.32 Å². The summed E-state index contributed by atoms with van der Waals surface area (Å²) in [5, 5.41) is 3.41. The first-order valence-electron chi connectivity index (χ1n) is 8.34. The van der Waals surface area contributed by atoms with Gasteiger partial charge in [-0.25, -0.2) is 0 Å².